The van der Waals surface area contributed by atoms with Crippen LogP contribution in [0.3, 0.4) is 0 Å². The van der Waals surface area contributed by atoms with E-state index >= 15 is 0 Å². The van der Waals surface area contributed by atoms with Crippen LogP contribution in [-0.4, -0.2) is 29.3 Å². The third-order valence-corrected chi connectivity index (χ3v) is 4.29. The standard InChI is InChI=1S/C16H29N3O/c1-12(2)15(11-20-4)18-16-17-13(3)10-19(16)14-8-6-5-7-9-14/h10,12,14-15H,5-9,11H2,1-4H3,(H,17,18). The van der Waals surface area contributed by atoms with E-state index in [9.17, 15) is 0 Å². The van der Waals surface area contributed by atoms with Gasteiger partial charge in [0.2, 0.25) is 5.95 Å². The fourth-order valence-corrected chi connectivity index (χ4v) is 3.01. The van der Waals surface area contributed by atoms with Crippen molar-refractivity contribution in [2.45, 2.75) is 65.0 Å². The number of methoxy groups -OCH3 is 1. The first-order valence-corrected chi connectivity index (χ1v) is 7.92. The molecule has 2 rings (SSSR count). The van der Waals surface area contributed by atoms with Crippen molar-refractivity contribution < 1.29 is 4.74 Å². The van der Waals surface area contributed by atoms with E-state index in [1.54, 1.807) is 7.11 Å². The Morgan fingerprint density at radius 1 is 1.35 bits per heavy atom. The highest BCUT2D eigenvalue weighted by atomic mass is 16.5. The van der Waals surface area contributed by atoms with E-state index in [0.29, 0.717) is 24.6 Å². The molecule has 0 radical (unpaired) electrons. The smallest absolute Gasteiger partial charge is 0.203 e. The maximum atomic E-state index is 5.33. The first kappa shape index (κ1) is 15.4. The molecule has 20 heavy (non-hydrogen) atoms. The van der Waals surface area contributed by atoms with E-state index in [1.165, 1.54) is 32.1 Å². The van der Waals surface area contributed by atoms with Gasteiger partial charge in [0.05, 0.1) is 18.3 Å². The van der Waals surface area contributed by atoms with Crippen molar-refractivity contribution in [1.82, 2.24) is 9.55 Å². The maximum Gasteiger partial charge on any atom is 0.203 e. The lowest BCUT2D eigenvalue weighted by molar-refractivity contribution is 0.170. The Morgan fingerprint density at radius 3 is 2.65 bits per heavy atom. The van der Waals surface area contributed by atoms with Crippen LogP contribution in [0, 0.1) is 12.8 Å². The Morgan fingerprint density at radius 2 is 2.05 bits per heavy atom. The first-order valence-electron chi connectivity index (χ1n) is 7.92. The Bertz CT molecular complexity index is 408. The molecular formula is C16H29N3O. The van der Waals surface area contributed by atoms with Gasteiger partial charge in [0, 0.05) is 19.3 Å². The van der Waals surface area contributed by atoms with Crippen LogP contribution in [0.25, 0.3) is 0 Å². The Labute approximate surface area is 122 Å². The van der Waals surface area contributed by atoms with Gasteiger partial charge in [0.25, 0.3) is 0 Å². The minimum absolute atomic E-state index is 0.309. The Kier molecular flexibility index (Phi) is 5.46. The van der Waals surface area contributed by atoms with Crippen molar-refractivity contribution in [3.05, 3.63) is 11.9 Å². The Hall–Kier alpha value is -1.03. The molecule has 0 bridgehead atoms. The number of nitrogens with zero attached hydrogens (tertiary/aromatic N) is 2. The second-order valence-electron chi connectivity index (χ2n) is 6.36. The number of aromatic nitrogens is 2. The fourth-order valence-electron chi connectivity index (χ4n) is 3.01. The summed E-state index contributed by atoms with van der Waals surface area (Å²) in [6, 6.07) is 0.923. The molecule has 0 saturated heterocycles. The summed E-state index contributed by atoms with van der Waals surface area (Å²) in [7, 11) is 1.76. The quantitative estimate of drug-likeness (QED) is 0.861. The highest BCUT2D eigenvalue weighted by Gasteiger charge is 2.21. The molecule has 1 aromatic heterocycles. The number of hydrogen-bond donors (Lipinski definition) is 1. The molecule has 1 atom stereocenters. The third kappa shape index (κ3) is 3.75. The molecule has 1 fully saturated rings. The van der Waals surface area contributed by atoms with Crippen LogP contribution in [-0.2, 0) is 4.74 Å². The van der Waals surface area contributed by atoms with Crippen LogP contribution in [0.4, 0.5) is 5.95 Å². The summed E-state index contributed by atoms with van der Waals surface area (Å²) in [6.07, 6.45) is 8.82. The molecule has 1 heterocycles. The lowest BCUT2D eigenvalue weighted by Gasteiger charge is -2.27. The monoisotopic (exact) mass is 279 g/mol. The number of ether oxygens (including phenoxy) is 1. The summed E-state index contributed by atoms with van der Waals surface area (Å²) in [5, 5.41) is 3.59. The summed E-state index contributed by atoms with van der Waals surface area (Å²) in [5.74, 6) is 1.54. The second-order valence-corrected chi connectivity index (χ2v) is 6.36. The highest BCUT2D eigenvalue weighted by molar-refractivity contribution is 5.31. The normalized spacial score (nSPS) is 18.4. The molecule has 0 spiro atoms. The molecule has 1 aliphatic carbocycles. The fraction of sp³-hybridized carbons (Fsp3) is 0.812. The molecular weight excluding hydrogens is 250 g/mol. The lowest BCUT2D eigenvalue weighted by atomic mass is 9.95. The number of hydrogen-bond acceptors (Lipinski definition) is 3. The van der Waals surface area contributed by atoms with Crippen molar-refractivity contribution in [2.75, 3.05) is 19.0 Å². The summed E-state index contributed by atoms with van der Waals surface area (Å²) >= 11 is 0. The molecule has 1 N–H and O–H groups in total. The van der Waals surface area contributed by atoms with Crippen molar-refractivity contribution in [3.8, 4) is 0 Å². The highest BCUT2D eigenvalue weighted by Crippen LogP contribution is 2.31. The molecule has 0 amide bonds. The van der Waals surface area contributed by atoms with Crippen LogP contribution in [0.2, 0.25) is 0 Å². The molecule has 4 heteroatoms. The van der Waals surface area contributed by atoms with E-state index in [1.807, 2.05) is 0 Å². The average molecular weight is 279 g/mol. The summed E-state index contributed by atoms with van der Waals surface area (Å²) in [6.45, 7) is 7.23. The molecule has 1 aliphatic rings. The molecule has 4 nitrogen and oxygen atoms in total. The van der Waals surface area contributed by atoms with Gasteiger partial charge < -0.3 is 14.6 Å². The third-order valence-electron chi connectivity index (χ3n) is 4.29. The number of aryl methyl sites for hydroxylation is 1. The van der Waals surface area contributed by atoms with Crippen LogP contribution in [0.15, 0.2) is 6.20 Å². The van der Waals surface area contributed by atoms with E-state index in [4.69, 9.17) is 4.74 Å². The van der Waals surface area contributed by atoms with Gasteiger partial charge in [-0.2, -0.15) is 0 Å². The summed E-state index contributed by atoms with van der Waals surface area (Å²) in [4.78, 5) is 4.69. The van der Waals surface area contributed by atoms with E-state index in [0.717, 1.165) is 11.6 Å². The number of nitrogens with one attached hydrogen (secondary N) is 1. The van der Waals surface area contributed by atoms with Gasteiger partial charge in [-0.1, -0.05) is 33.1 Å². The lowest BCUT2D eigenvalue weighted by Crippen LogP contribution is -2.32. The Balaban J connectivity index is 2.13. The first-order chi connectivity index (χ1) is 9.61. The van der Waals surface area contributed by atoms with Gasteiger partial charge in [0.15, 0.2) is 0 Å². The zero-order valence-corrected chi connectivity index (χ0v) is 13.4. The van der Waals surface area contributed by atoms with Gasteiger partial charge in [0.1, 0.15) is 0 Å². The SMILES string of the molecule is COCC(Nc1nc(C)cn1C1CCCCC1)C(C)C. The molecule has 0 aromatic carbocycles. The van der Waals surface area contributed by atoms with Crippen molar-refractivity contribution >= 4 is 5.95 Å². The van der Waals surface area contributed by atoms with Crippen LogP contribution in [0.1, 0.15) is 57.7 Å². The zero-order valence-electron chi connectivity index (χ0n) is 13.4. The van der Waals surface area contributed by atoms with E-state index < -0.39 is 0 Å². The largest absolute Gasteiger partial charge is 0.383 e. The number of rotatable bonds is 6. The predicted octanol–water partition coefficient (Wildman–Crippen LogP) is 3.78. The number of anilines is 1. The minimum Gasteiger partial charge on any atom is -0.383 e. The predicted molar refractivity (Wildman–Crippen MR) is 83.2 cm³/mol. The van der Waals surface area contributed by atoms with Gasteiger partial charge in [-0.3, -0.25) is 0 Å². The maximum absolute atomic E-state index is 5.33. The second kappa shape index (κ2) is 7.11. The topological polar surface area (TPSA) is 39.1 Å². The van der Waals surface area contributed by atoms with Crippen molar-refractivity contribution in [1.29, 1.82) is 0 Å². The molecule has 114 valence electrons. The molecule has 1 saturated carbocycles. The molecule has 1 unspecified atom stereocenters. The minimum atomic E-state index is 0.309. The summed E-state index contributed by atoms with van der Waals surface area (Å²) < 4.78 is 7.69. The van der Waals surface area contributed by atoms with Crippen LogP contribution < -0.4 is 5.32 Å². The molecule has 0 aliphatic heterocycles. The average Bonchev–Trinajstić information content (AvgIpc) is 2.80. The van der Waals surface area contributed by atoms with Crippen LogP contribution in [0.5, 0.6) is 0 Å². The van der Waals surface area contributed by atoms with Gasteiger partial charge in [-0.05, 0) is 25.7 Å². The van der Waals surface area contributed by atoms with Crippen molar-refractivity contribution in [3.63, 3.8) is 0 Å². The molecule has 1 aromatic rings. The number of imidazole rings is 1. The van der Waals surface area contributed by atoms with E-state index in [2.05, 4.69) is 41.8 Å². The summed E-state index contributed by atoms with van der Waals surface area (Å²) in [5.41, 5.74) is 1.10. The van der Waals surface area contributed by atoms with Crippen molar-refractivity contribution in [2.24, 2.45) is 5.92 Å². The van der Waals surface area contributed by atoms with Crippen LogP contribution >= 0.6 is 0 Å². The zero-order chi connectivity index (χ0) is 14.5. The van der Waals surface area contributed by atoms with Gasteiger partial charge in [-0.25, -0.2) is 4.98 Å². The van der Waals surface area contributed by atoms with Gasteiger partial charge >= 0.3 is 0 Å². The van der Waals surface area contributed by atoms with Gasteiger partial charge in [-0.15, -0.1) is 0 Å². The van der Waals surface area contributed by atoms with E-state index in [-0.39, 0.29) is 0 Å².